The van der Waals surface area contributed by atoms with E-state index in [2.05, 4.69) is 75.0 Å². The molecule has 0 spiro atoms. The highest BCUT2D eigenvalue weighted by atomic mass is 32.2. The standard InChI is InChI=1S/C27H35N5O2S/c1-27(2,3)23-17-24(31(5)18-20-9-7-6-8-10-20)29-26(28-23)35-19-21-11-12-22(34-21)25(33)32-15-13-30(4)14-16-32/h6-12,17H,13-16,18-19H2,1-5H3. The van der Waals surface area contributed by atoms with Gasteiger partial charge in [-0.2, -0.15) is 0 Å². The van der Waals surface area contributed by atoms with Gasteiger partial charge in [-0.15, -0.1) is 0 Å². The van der Waals surface area contributed by atoms with Crippen LogP contribution in [-0.4, -0.2) is 65.9 Å². The van der Waals surface area contributed by atoms with Gasteiger partial charge < -0.3 is 19.1 Å². The van der Waals surface area contributed by atoms with E-state index in [9.17, 15) is 4.79 Å². The van der Waals surface area contributed by atoms with Crippen LogP contribution in [0, 0.1) is 0 Å². The number of furan rings is 1. The average molecular weight is 494 g/mol. The topological polar surface area (TPSA) is 65.7 Å². The number of nitrogens with zero attached hydrogens (tertiary/aromatic N) is 5. The predicted molar refractivity (Wildman–Crippen MR) is 141 cm³/mol. The van der Waals surface area contributed by atoms with Crippen molar-refractivity contribution in [1.29, 1.82) is 0 Å². The zero-order valence-corrected chi connectivity index (χ0v) is 22.1. The molecule has 0 aliphatic carbocycles. The molecule has 1 saturated heterocycles. The van der Waals surface area contributed by atoms with Gasteiger partial charge >= 0.3 is 0 Å². The molecule has 3 heterocycles. The summed E-state index contributed by atoms with van der Waals surface area (Å²) in [7, 11) is 4.13. The molecule has 1 fully saturated rings. The summed E-state index contributed by atoms with van der Waals surface area (Å²) in [5.41, 5.74) is 2.12. The minimum absolute atomic E-state index is 0.0369. The van der Waals surface area contributed by atoms with Crippen LogP contribution >= 0.6 is 11.8 Å². The number of hydrogen-bond donors (Lipinski definition) is 0. The number of hydrogen-bond acceptors (Lipinski definition) is 7. The number of thioether (sulfide) groups is 1. The Balaban J connectivity index is 1.46. The lowest BCUT2D eigenvalue weighted by Crippen LogP contribution is -2.47. The Morgan fingerprint density at radius 1 is 1.06 bits per heavy atom. The van der Waals surface area contributed by atoms with Crippen molar-refractivity contribution in [3.05, 3.63) is 71.3 Å². The fourth-order valence-electron chi connectivity index (χ4n) is 3.87. The van der Waals surface area contributed by atoms with E-state index in [1.807, 2.05) is 17.0 Å². The van der Waals surface area contributed by atoms with Gasteiger partial charge in [-0.1, -0.05) is 62.9 Å². The monoisotopic (exact) mass is 493 g/mol. The number of carbonyl (C=O) groups excluding carboxylic acids is 1. The van der Waals surface area contributed by atoms with Crippen molar-refractivity contribution in [2.45, 2.75) is 43.6 Å². The Labute approximate surface area is 212 Å². The van der Waals surface area contributed by atoms with Gasteiger partial charge in [0.1, 0.15) is 11.6 Å². The molecule has 0 unspecified atom stereocenters. The molecule has 4 rings (SSSR count). The van der Waals surface area contributed by atoms with Crippen LogP contribution < -0.4 is 4.90 Å². The Kier molecular flexibility index (Phi) is 7.82. The van der Waals surface area contributed by atoms with Crippen LogP contribution in [0.3, 0.4) is 0 Å². The fourth-order valence-corrected chi connectivity index (χ4v) is 4.61. The predicted octanol–water partition coefficient (Wildman–Crippen LogP) is 4.68. The van der Waals surface area contributed by atoms with Gasteiger partial charge in [0, 0.05) is 51.3 Å². The molecule has 7 nitrogen and oxygen atoms in total. The number of aromatic nitrogens is 2. The number of likely N-dealkylation sites (N-methyl/N-ethyl adjacent to an activating group) is 1. The summed E-state index contributed by atoms with van der Waals surface area (Å²) >= 11 is 1.53. The van der Waals surface area contributed by atoms with E-state index in [-0.39, 0.29) is 11.3 Å². The van der Waals surface area contributed by atoms with Gasteiger partial charge in [0.05, 0.1) is 11.4 Å². The van der Waals surface area contributed by atoms with Crippen molar-refractivity contribution in [2.75, 3.05) is 45.2 Å². The zero-order valence-electron chi connectivity index (χ0n) is 21.3. The molecule has 0 saturated carbocycles. The van der Waals surface area contributed by atoms with Crippen LogP contribution in [0.15, 0.2) is 58.1 Å². The van der Waals surface area contributed by atoms with E-state index in [0.717, 1.165) is 50.0 Å². The summed E-state index contributed by atoms with van der Waals surface area (Å²) < 4.78 is 5.91. The Hall–Kier alpha value is -2.84. The van der Waals surface area contributed by atoms with E-state index in [1.165, 1.54) is 17.3 Å². The first-order valence-electron chi connectivity index (χ1n) is 12.0. The maximum absolute atomic E-state index is 12.8. The van der Waals surface area contributed by atoms with Crippen LogP contribution in [0.5, 0.6) is 0 Å². The van der Waals surface area contributed by atoms with Gasteiger partial charge in [-0.05, 0) is 24.7 Å². The second-order valence-electron chi connectivity index (χ2n) is 10.1. The lowest BCUT2D eigenvalue weighted by Gasteiger charge is -2.31. The Morgan fingerprint density at radius 2 is 1.77 bits per heavy atom. The van der Waals surface area contributed by atoms with E-state index in [4.69, 9.17) is 14.4 Å². The molecule has 1 amide bonds. The summed E-state index contributed by atoms with van der Waals surface area (Å²) in [6, 6.07) is 16.1. The quantitative estimate of drug-likeness (QED) is 0.350. The Morgan fingerprint density at radius 3 is 2.46 bits per heavy atom. The molecular formula is C27H35N5O2S. The van der Waals surface area contributed by atoms with E-state index >= 15 is 0 Å². The lowest BCUT2D eigenvalue weighted by atomic mass is 9.92. The molecule has 0 atom stereocenters. The molecule has 0 radical (unpaired) electrons. The summed E-state index contributed by atoms with van der Waals surface area (Å²) in [6.07, 6.45) is 0. The molecule has 35 heavy (non-hydrogen) atoms. The normalized spacial score (nSPS) is 14.8. The lowest BCUT2D eigenvalue weighted by molar-refractivity contribution is 0.0631. The minimum atomic E-state index is -0.104. The third-order valence-electron chi connectivity index (χ3n) is 6.12. The molecular weight excluding hydrogens is 458 g/mol. The number of piperazine rings is 1. The highest BCUT2D eigenvalue weighted by Gasteiger charge is 2.23. The maximum atomic E-state index is 12.8. The first-order valence-corrected chi connectivity index (χ1v) is 13.0. The second kappa shape index (κ2) is 10.8. The molecule has 1 aromatic carbocycles. The fraction of sp³-hybridized carbons (Fsp3) is 0.444. The van der Waals surface area contributed by atoms with Crippen LogP contribution in [0.2, 0.25) is 0 Å². The minimum Gasteiger partial charge on any atom is -0.455 e. The molecule has 0 N–H and O–H groups in total. The largest absolute Gasteiger partial charge is 0.455 e. The van der Waals surface area contributed by atoms with Gasteiger partial charge in [0.15, 0.2) is 10.9 Å². The van der Waals surface area contributed by atoms with E-state index in [1.54, 1.807) is 6.07 Å². The third kappa shape index (κ3) is 6.64. The van der Waals surface area contributed by atoms with Crippen molar-refractivity contribution in [3.8, 4) is 0 Å². The van der Waals surface area contributed by atoms with Crippen LogP contribution in [0.4, 0.5) is 5.82 Å². The van der Waals surface area contributed by atoms with Gasteiger partial charge in [0.25, 0.3) is 5.91 Å². The van der Waals surface area contributed by atoms with Crippen molar-refractivity contribution in [3.63, 3.8) is 0 Å². The second-order valence-corrected chi connectivity index (χ2v) is 11.1. The van der Waals surface area contributed by atoms with Crippen LogP contribution in [0.25, 0.3) is 0 Å². The molecule has 0 bridgehead atoms. The molecule has 1 aliphatic heterocycles. The van der Waals surface area contributed by atoms with E-state index in [0.29, 0.717) is 16.7 Å². The highest BCUT2D eigenvalue weighted by Crippen LogP contribution is 2.29. The number of carbonyl (C=O) groups is 1. The summed E-state index contributed by atoms with van der Waals surface area (Å²) in [6.45, 7) is 10.5. The van der Waals surface area contributed by atoms with Gasteiger partial charge in [-0.25, -0.2) is 9.97 Å². The third-order valence-corrected chi connectivity index (χ3v) is 6.99. The summed E-state index contributed by atoms with van der Waals surface area (Å²) in [5, 5.41) is 0.704. The number of rotatable bonds is 7. The summed E-state index contributed by atoms with van der Waals surface area (Å²) in [5.74, 6) is 2.56. The van der Waals surface area contributed by atoms with Gasteiger partial charge in [-0.3, -0.25) is 4.79 Å². The molecule has 8 heteroatoms. The van der Waals surface area contributed by atoms with Crippen molar-refractivity contribution in [2.24, 2.45) is 0 Å². The zero-order chi connectivity index (χ0) is 25.0. The van der Waals surface area contributed by atoms with Crippen molar-refractivity contribution < 1.29 is 9.21 Å². The maximum Gasteiger partial charge on any atom is 0.289 e. The molecule has 2 aromatic heterocycles. The first kappa shape index (κ1) is 25.3. The highest BCUT2D eigenvalue weighted by molar-refractivity contribution is 7.98. The molecule has 3 aromatic rings. The Bertz CT molecular complexity index is 1130. The number of anilines is 1. The van der Waals surface area contributed by atoms with E-state index < -0.39 is 0 Å². The molecule has 1 aliphatic rings. The number of amides is 1. The molecule has 186 valence electrons. The summed E-state index contributed by atoms with van der Waals surface area (Å²) in [4.78, 5) is 28.7. The number of benzene rings is 1. The average Bonchev–Trinajstić information content (AvgIpc) is 3.32. The van der Waals surface area contributed by atoms with Crippen molar-refractivity contribution >= 4 is 23.5 Å². The smallest absolute Gasteiger partial charge is 0.289 e. The van der Waals surface area contributed by atoms with Crippen LogP contribution in [0.1, 0.15) is 48.3 Å². The first-order chi connectivity index (χ1) is 16.7. The van der Waals surface area contributed by atoms with Crippen molar-refractivity contribution in [1.82, 2.24) is 19.8 Å². The van der Waals surface area contributed by atoms with Crippen LogP contribution in [-0.2, 0) is 17.7 Å². The van der Waals surface area contributed by atoms with Gasteiger partial charge in [0.2, 0.25) is 0 Å². The SMILES string of the molecule is CN1CCN(C(=O)c2ccc(CSc3nc(N(C)Cc4ccccc4)cc(C(C)(C)C)n3)o2)CC1.